The van der Waals surface area contributed by atoms with Crippen LogP contribution < -0.4 is 5.73 Å². The zero-order chi connectivity index (χ0) is 15.0. The molecule has 0 aliphatic rings. The first kappa shape index (κ1) is 14.0. The second kappa shape index (κ2) is 4.93. The molecule has 0 fully saturated rings. The molecule has 1 aromatic carbocycles. The second-order valence-electron chi connectivity index (χ2n) is 4.80. The van der Waals surface area contributed by atoms with E-state index in [1.54, 1.807) is 23.9 Å². The van der Waals surface area contributed by atoms with Crippen molar-refractivity contribution in [3.8, 4) is 0 Å². The molecule has 7 heteroatoms. The van der Waals surface area contributed by atoms with Gasteiger partial charge in [0.25, 0.3) is 5.69 Å². The monoisotopic (exact) mass is 277 g/mol. The number of nitrogens with two attached hydrogens (primary N) is 1. The predicted molar refractivity (Wildman–Crippen MR) is 73.6 cm³/mol. The van der Waals surface area contributed by atoms with E-state index < -0.39 is 16.9 Å². The number of benzene rings is 1. The lowest BCUT2D eigenvalue weighted by atomic mass is 10.0. The smallest absolute Gasteiger partial charge is 0.320 e. The Morgan fingerprint density at radius 2 is 2.20 bits per heavy atom. The summed E-state index contributed by atoms with van der Waals surface area (Å²) in [6, 6.07) is 2.04. The molecule has 0 aliphatic carbocycles. The molecule has 1 heterocycles. The third-order valence-electron chi connectivity index (χ3n) is 3.33. The summed E-state index contributed by atoms with van der Waals surface area (Å²) >= 11 is 0. The second-order valence-corrected chi connectivity index (χ2v) is 4.80. The molecule has 1 atom stereocenters. The van der Waals surface area contributed by atoms with Crippen LogP contribution in [0.25, 0.3) is 10.9 Å². The van der Waals surface area contributed by atoms with Crippen molar-refractivity contribution in [2.45, 2.75) is 19.4 Å². The Labute approximate surface area is 114 Å². The van der Waals surface area contributed by atoms with E-state index in [1.165, 1.54) is 6.07 Å². The summed E-state index contributed by atoms with van der Waals surface area (Å²) in [7, 11) is 1.77. The first-order valence-corrected chi connectivity index (χ1v) is 6.03. The molecule has 2 rings (SSSR count). The maximum absolute atomic E-state index is 11.2. The molecule has 1 aromatic heterocycles. The van der Waals surface area contributed by atoms with Gasteiger partial charge in [-0.1, -0.05) is 6.07 Å². The average molecular weight is 277 g/mol. The highest BCUT2D eigenvalue weighted by molar-refractivity contribution is 5.95. The summed E-state index contributed by atoms with van der Waals surface area (Å²) in [6.45, 7) is 1.85. The van der Waals surface area contributed by atoms with Crippen molar-refractivity contribution in [2.24, 2.45) is 12.8 Å². The zero-order valence-electron chi connectivity index (χ0n) is 11.2. The summed E-state index contributed by atoms with van der Waals surface area (Å²) < 4.78 is 1.77. The number of carbonyl (C=O) groups is 1. The fourth-order valence-corrected chi connectivity index (χ4v) is 2.45. The third kappa shape index (κ3) is 2.23. The number of hydrogen-bond acceptors (Lipinski definition) is 4. The van der Waals surface area contributed by atoms with E-state index in [2.05, 4.69) is 0 Å². The number of aliphatic carboxylic acids is 1. The molecule has 0 saturated carbocycles. The van der Waals surface area contributed by atoms with Crippen molar-refractivity contribution >= 4 is 22.6 Å². The van der Waals surface area contributed by atoms with E-state index in [-0.39, 0.29) is 12.1 Å². The number of nitro groups is 1. The van der Waals surface area contributed by atoms with E-state index in [0.29, 0.717) is 10.9 Å². The Kier molecular flexibility index (Phi) is 3.46. The first-order chi connectivity index (χ1) is 9.32. The van der Waals surface area contributed by atoms with Gasteiger partial charge < -0.3 is 15.4 Å². The Morgan fingerprint density at radius 3 is 2.75 bits per heavy atom. The van der Waals surface area contributed by atoms with Crippen LogP contribution in [0.1, 0.15) is 11.1 Å². The number of hydrogen-bond donors (Lipinski definition) is 2. The maximum atomic E-state index is 11.2. The predicted octanol–water partition coefficient (Wildman–Crippen LogP) is 1.35. The van der Waals surface area contributed by atoms with Crippen LogP contribution in [0.15, 0.2) is 18.3 Å². The average Bonchev–Trinajstić information content (AvgIpc) is 2.67. The molecule has 0 saturated heterocycles. The minimum atomic E-state index is -1.13. The molecular weight excluding hydrogens is 262 g/mol. The van der Waals surface area contributed by atoms with Gasteiger partial charge in [0.1, 0.15) is 6.04 Å². The van der Waals surface area contributed by atoms with Crippen LogP contribution in [0.3, 0.4) is 0 Å². The van der Waals surface area contributed by atoms with Crippen molar-refractivity contribution in [3.05, 3.63) is 39.6 Å². The highest BCUT2D eigenvalue weighted by Crippen LogP contribution is 2.32. The zero-order valence-corrected chi connectivity index (χ0v) is 11.2. The lowest BCUT2D eigenvalue weighted by Crippen LogP contribution is -2.32. The number of nitro benzene ring substituents is 1. The van der Waals surface area contributed by atoms with Crippen LogP contribution in [-0.2, 0) is 18.3 Å². The van der Waals surface area contributed by atoms with E-state index in [9.17, 15) is 14.9 Å². The van der Waals surface area contributed by atoms with Crippen LogP contribution in [0.5, 0.6) is 0 Å². The maximum Gasteiger partial charge on any atom is 0.320 e. The van der Waals surface area contributed by atoms with Gasteiger partial charge >= 0.3 is 5.97 Å². The van der Waals surface area contributed by atoms with Crippen LogP contribution in [0, 0.1) is 17.0 Å². The Bertz CT molecular complexity index is 705. The lowest BCUT2D eigenvalue weighted by molar-refractivity contribution is -0.383. The van der Waals surface area contributed by atoms with E-state index in [4.69, 9.17) is 10.8 Å². The van der Waals surface area contributed by atoms with Gasteiger partial charge in [-0.15, -0.1) is 0 Å². The van der Waals surface area contributed by atoms with Gasteiger partial charge in [-0.3, -0.25) is 14.9 Å². The fraction of sp³-hybridized carbons (Fsp3) is 0.308. The molecule has 0 aliphatic heterocycles. The topological polar surface area (TPSA) is 111 Å². The Hall–Kier alpha value is -2.41. The molecule has 7 nitrogen and oxygen atoms in total. The van der Waals surface area contributed by atoms with Gasteiger partial charge in [0.15, 0.2) is 0 Å². The molecular formula is C13H15N3O4. The van der Waals surface area contributed by atoms with Gasteiger partial charge in [-0.25, -0.2) is 0 Å². The van der Waals surface area contributed by atoms with Crippen molar-refractivity contribution in [3.63, 3.8) is 0 Å². The molecule has 0 amide bonds. The van der Waals surface area contributed by atoms with Gasteiger partial charge in [-0.05, 0) is 18.1 Å². The number of carboxylic acids is 1. The summed E-state index contributed by atoms with van der Waals surface area (Å²) in [5.41, 5.74) is 7.70. The molecule has 0 bridgehead atoms. The van der Waals surface area contributed by atoms with Crippen LogP contribution in [-0.4, -0.2) is 26.6 Å². The van der Waals surface area contributed by atoms with Crippen LogP contribution in [0.4, 0.5) is 5.69 Å². The van der Waals surface area contributed by atoms with Crippen LogP contribution >= 0.6 is 0 Å². The molecule has 20 heavy (non-hydrogen) atoms. The number of aromatic nitrogens is 1. The molecule has 0 spiro atoms. The minimum Gasteiger partial charge on any atom is -0.480 e. The quantitative estimate of drug-likeness (QED) is 0.647. The molecule has 1 unspecified atom stereocenters. The number of carboxylic acid groups (broad SMARTS) is 1. The van der Waals surface area contributed by atoms with E-state index in [0.717, 1.165) is 11.1 Å². The Balaban J connectivity index is 2.69. The number of rotatable bonds is 4. The number of non-ortho nitro benzene ring substituents is 1. The lowest BCUT2D eigenvalue weighted by Gasteiger charge is -2.05. The minimum absolute atomic E-state index is 0.0289. The molecule has 2 aromatic rings. The van der Waals surface area contributed by atoms with Crippen molar-refractivity contribution in [1.82, 2.24) is 4.57 Å². The van der Waals surface area contributed by atoms with Gasteiger partial charge in [0, 0.05) is 25.7 Å². The normalized spacial score (nSPS) is 12.6. The van der Waals surface area contributed by atoms with Gasteiger partial charge in [-0.2, -0.15) is 0 Å². The largest absolute Gasteiger partial charge is 0.480 e. The van der Waals surface area contributed by atoms with Gasteiger partial charge in [0.05, 0.1) is 15.8 Å². The van der Waals surface area contributed by atoms with Crippen molar-refractivity contribution < 1.29 is 14.8 Å². The van der Waals surface area contributed by atoms with Crippen molar-refractivity contribution in [2.75, 3.05) is 0 Å². The van der Waals surface area contributed by atoms with Crippen molar-refractivity contribution in [1.29, 1.82) is 0 Å². The number of aryl methyl sites for hydroxylation is 2. The highest BCUT2D eigenvalue weighted by Gasteiger charge is 2.23. The van der Waals surface area contributed by atoms with E-state index in [1.807, 2.05) is 6.92 Å². The Morgan fingerprint density at radius 1 is 1.55 bits per heavy atom. The standard InChI is InChI=1S/C13H15N3O4/c1-7-3-4-10(16(19)20)11-8(5-9(14)13(17)18)6-15(2)12(7)11/h3-4,6,9H,5,14H2,1-2H3,(H,17,18). The third-order valence-corrected chi connectivity index (χ3v) is 3.33. The molecule has 106 valence electrons. The fourth-order valence-electron chi connectivity index (χ4n) is 2.45. The number of nitrogens with zero attached hydrogens (tertiary/aromatic N) is 2. The van der Waals surface area contributed by atoms with E-state index >= 15 is 0 Å². The molecule has 0 radical (unpaired) electrons. The summed E-state index contributed by atoms with van der Waals surface area (Å²) in [5, 5.41) is 20.5. The highest BCUT2D eigenvalue weighted by atomic mass is 16.6. The van der Waals surface area contributed by atoms with Gasteiger partial charge in [0.2, 0.25) is 0 Å². The summed E-state index contributed by atoms with van der Waals surface area (Å²) in [6.07, 6.45) is 1.75. The SMILES string of the molecule is Cc1ccc([N+](=O)[O-])c2c(CC(N)C(=O)O)cn(C)c12. The summed E-state index contributed by atoms with van der Waals surface area (Å²) in [5.74, 6) is -1.13. The first-order valence-electron chi connectivity index (χ1n) is 6.03. The van der Waals surface area contributed by atoms with Crippen LogP contribution in [0.2, 0.25) is 0 Å². The summed E-state index contributed by atoms with van der Waals surface area (Å²) in [4.78, 5) is 21.6. The molecule has 3 N–H and O–H groups in total. The number of fused-ring (bicyclic) bond motifs is 1.